The van der Waals surface area contributed by atoms with Gasteiger partial charge in [0.15, 0.2) is 30.4 Å². The molecule has 0 radical (unpaired) electrons. The van der Waals surface area contributed by atoms with Gasteiger partial charge in [0.2, 0.25) is 0 Å². The Morgan fingerprint density at radius 3 is 2.67 bits per heavy atom. The number of esters is 2. The molecule has 14 heteroatoms. The molecule has 186 valence electrons. The Balaban J connectivity index is 1.31. The minimum atomic E-state index is -5.95. The van der Waals surface area contributed by atoms with Crippen molar-refractivity contribution in [2.75, 3.05) is 6.61 Å². The number of rotatable bonds is 5. The minimum absolute atomic E-state index is 0.0379. The first-order chi connectivity index (χ1) is 15.4. The van der Waals surface area contributed by atoms with Crippen LogP contribution in [0.3, 0.4) is 0 Å². The molecule has 5 aliphatic rings. The highest BCUT2D eigenvalue weighted by molar-refractivity contribution is 7.87. The Morgan fingerprint density at radius 2 is 1.94 bits per heavy atom. The summed E-state index contributed by atoms with van der Waals surface area (Å²) in [4.78, 5) is 23.3. The second-order valence-electron chi connectivity index (χ2n) is 9.32. The van der Waals surface area contributed by atoms with Crippen LogP contribution < -0.4 is 0 Å². The number of fused-ring (bicyclic) bond motifs is 6. The normalized spacial score (nSPS) is 44.4. The fraction of sp³-hybridized carbons (Fsp3) is 0.895. The Bertz CT molecular complexity index is 942. The van der Waals surface area contributed by atoms with Gasteiger partial charge >= 0.3 is 27.3 Å². The van der Waals surface area contributed by atoms with E-state index in [2.05, 4.69) is 4.74 Å². The Kier molecular flexibility index (Phi) is 5.49. The monoisotopic (exact) mass is 498 g/mol. The molecule has 3 saturated heterocycles. The molecule has 0 aromatic rings. The smallest absolute Gasteiger partial charge is 0.460 e. The highest BCUT2D eigenvalue weighted by atomic mass is 32.2. The first kappa shape index (κ1) is 23.3. The SMILES string of the molecule is O=C1OC2C3OC4(OC3OC2C1O)C1CCCC(C1)CC4CCOC(=O)C(F)(F)S(=O)(=O)O. The van der Waals surface area contributed by atoms with Gasteiger partial charge in [-0.25, -0.2) is 9.59 Å². The zero-order valence-electron chi connectivity index (χ0n) is 17.3. The number of aliphatic hydroxyl groups excluding tert-OH is 1. The quantitative estimate of drug-likeness (QED) is 0.398. The molecule has 0 aromatic heterocycles. The molecule has 2 bridgehead atoms. The molecule has 5 rings (SSSR count). The van der Waals surface area contributed by atoms with E-state index >= 15 is 0 Å². The molecule has 5 fully saturated rings. The van der Waals surface area contributed by atoms with Gasteiger partial charge in [-0.05, 0) is 31.6 Å². The van der Waals surface area contributed by atoms with Crippen molar-refractivity contribution in [3.05, 3.63) is 0 Å². The fourth-order valence-corrected chi connectivity index (χ4v) is 6.24. The van der Waals surface area contributed by atoms with E-state index in [0.717, 1.165) is 25.7 Å². The van der Waals surface area contributed by atoms with E-state index in [1.807, 2.05) is 0 Å². The lowest BCUT2D eigenvalue weighted by Crippen LogP contribution is -2.54. The highest BCUT2D eigenvalue weighted by Gasteiger charge is 2.68. The fourth-order valence-electron chi connectivity index (χ4n) is 5.97. The summed E-state index contributed by atoms with van der Waals surface area (Å²) in [5.74, 6) is -4.48. The van der Waals surface area contributed by atoms with E-state index in [4.69, 9.17) is 23.5 Å². The van der Waals surface area contributed by atoms with Crippen molar-refractivity contribution in [3.8, 4) is 0 Å². The first-order valence-electron chi connectivity index (χ1n) is 10.9. The van der Waals surface area contributed by atoms with Crippen molar-refractivity contribution >= 4 is 22.1 Å². The maximum absolute atomic E-state index is 13.5. The second-order valence-corrected chi connectivity index (χ2v) is 10.8. The predicted octanol–water partition coefficient (Wildman–Crippen LogP) is 0.349. The van der Waals surface area contributed by atoms with E-state index in [0.29, 0.717) is 12.3 Å². The first-order valence-corrected chi connectivity index (χ1v) is 12.3. The molecule has 11 nitrogen and oxygen atoms in total. The molecule has 1 spiro atoms. The van der Waals surface area contributed by atoms with Crippen LogP contribution in [0.1, 0.15) is 38.5 Å². The Hall–Kier alpha value is -1.45. The van der Waals surface area contributed by atoms with Crippen molar-refractivity contribution in [1.82, 2.24) is 0 Å². The molecule has 2 aliphatic carbocycles. The van der Waals surface area contributed by atoms with E-state index in [9.17, 15) is 31.9 Å². The molecule has 0 amide bonds. The zero-order chi connectivity index (χ0) is 23.8. The van der Waals surface area contributed by atoms with Gasteiger partial charge in [0.1, 0.15) is 6.10 Å². The summed E-state index contributed by atoms with van der Waals surface area (Å²) < 4.78 is 85.0. The van der Waals surface area contributed by atoms with Crippen molar-refractivity contribution in [2.24, 2.45) is 17.8 Å². The van der Waals surface area contributed by atoms with Gasteiger partial charge in [-0.2, -0.15) is 17.2 Å². The number of ether oxygens (including phenoxy) is 5. The highest BCUT2D eigenvalue weighted by Crippen LogP contribution is 2.57. The number of carbonyl (C=O) groups is 2. The summed E-state index contributed by atoms with van der Waals surface area (Å²) >= 11 is 0. The zero-order valence-corrected chi connectivity index (χ0v) is 18.1. The molecule has 9 unspecified atom stereocenters. The van der Waals surface area contributed by atoms with Crippen LogP contribution in [0.4, 0.5) is 8.78 Å². The maximum Gasteiger partial charge on any atom is 0.465 e. The summed E-state index contributed by atoms with van der Waals surface area (Å²) in [5, 5.41) is 4.86. The van der Waals surface area contributed by atoms with Crippen LogP contribution in [0.25, 0.3) is 0 Å². The van der Waals surface area contributed by atoms with Crippen LogP contribution >= 0.6 is 0 Å². The lowest BCUT2D eigenvalue weighted by molar-refractivity contribution is -0.305. The molecule has 3 aliphatic heterocycles. The van der Waals surface area contributed by atoms with Gasteiger partial charge in [-0.3, -0.25) is 4.55 Å². The standard InChI is InChI=1S/C19H24F2O11S/c20-19(21,33(25,26)27)17(24)28-5-4-10-7-8-2-1-3-9(6-8)18(10)31-14-13-12(30-16(14)32-18)11(22)15(23)29-13/h8-14,16,22H,1-7H2,(H,25,26,27). The number of hydrogen-bond acceptors (Lipinski definition) is 10. The van der Waals surface area contributed by atoms with Gasteiger partial charge in [0, 0.05) is 11.8 Å². The molecule has 2 saturated carbocycles. The van der Waals surface area contributed by atoms with Crippen LogP contribution in [-0.2, 0) is 43.4 Å². The van der Waals surface area contributed by atoms with Gasteiger partial charge in [0.25, 0.3) is 0 Å². The van der Waals surface area contributed by atoms with Gasteiger partial charge < -0.3 is 28.8 Å². The molecule has 3 heterocycles. The van der Waals surface area contributed by atoms with E-state index in [-0.39, 0.29) is 12.3 Å². The number of hydrogen-bond donors (Lipinski definition) is 2. The lowest BCUT2D eigenvalue weighted by Gasteiger charge is -2.51. The summed E-state index contributed by atoms with van der Waals surface area (Å²) in [6.07, 6.45) is -0.706. The number of alkyl halides is 2. The van der Waals surface area contributed by atoms with E-state index < -0.39 is 76.3 Å². The summed E-state index contributed by atoms with van der Waals surface area (Å²) in [5.41, 5.74) is 0. The van der Waals surface area contributed by atoms with Crippen LogP contribution in [-0.4, -0.2) is 78.4 Å². The van der Waals surface area contributed by atoms with Gasteiger partial charge in [-0.1, -0.05) is 12.8 Å². The maximum atomic E-state index is 13.5. The van der Waals surface area contributed by atoms with Crippen LogP contribution in [0, 0.1) is 17.8 Å². The molecule has 9 atom stereocenters. The number of aliphatic hydroxyl groups is 1. The Morgan fingerprint density at radius 1 is 1.18 bits per heavy atom. The van der Waals surface area contributed by atoms with Crippen molar-refractivity contribution in [3.63, 3.8) is 0 Å². The van der Waals surface area contributed by atoms with Crippen LogP contribution in [0.2, 0.25) is 0 Å². The topological polar surface area (TPSA) is 155 Å². The summed E-state index contributed by atoms with van der Waals surface area (Å²) in [7, 11) is -5.95. The minimum Gasteiger partial charge on any atom is -0.460 e. The predicted molar refractivity (Wildman–Crippen MR) is 98.9 cm³/mol. The third-order valence-corrected chi connectivity index (χ3v) is 8.25. The van der Waals surface area contributed by atoms with Gasteiger partial charge in [-0.15, -0.1) is 0 Å². The molecular formula is C19H24F2O11S. The summed E-state index contributed by atoms with van der Waals surface area (Å²) in [6, 6.07) is 0. The summed E-state index contributed by atoms with van der Waals surface area (Å²) in [6.45, 7) is -0.543. The van der Waals surface area contributed by atoms with Crippen molar-refractivity contribution in [1.29, 1.82) is 0 Å². The molecule has 0 aromatic carbocycles. The molecular weight excluding hydrogens is 474 g/mol. The van der Waals surface area contributed by atoms with Crippen molar-refractivity contribution < 1.29 is 60.1 Å². The van der Waals surface area contributed by atoms with Crippen molar-refractivity contribution in [2.45, 2.75) is 80.3 Å². The third kappa shape index (κ3) is 3.57. The van der Waals surface area contributed by atoms with E-state index in [1.165, 1.54) is 0 Å². The second kappa shape index (κ2) is 7.78. The average Bonchev–Trinajstić information content (AvgIpc) is 3.35. The largest absolute Gasteiger partial charge is 0.465 e. The third-order valence-electron chi connectivity index (χ3n) is 7.43. The molecule has 2 N–H and O–H groups in total. The number of carbonyl (C=O) groups excluding carboxylic acids is 2. The van der Waals surface area contributed by atoms with E-state index in [1.54, 1.807) is 0 Å². The molecule has 33 heavy (non-hydrogen) atoms. The van der Waals surface area contributed by atoms with Crippen LogP contribution in [0.15, 0.2) is 0 Å². The average molecular weight is 498 g/mol. The van der Waals surface area contributed by atoms with Crippen LogP contribution in [0.5, 0.6) is 0 Å². The Labute approximate surface area is 187 Å². The van der Waals surface area contributed by atoms with Gasteiger partial charge in [0.05, 0.1) is 6.61 Å². The lowest BCUT2D eigenvalue weighted by atomic mass is 9.63. The number of halogens is 2.